The average molecular weight is 202 g/mol. The zero-order chi connectivity index (χ0) is 11.2. The topological polar surface area (TPSA) is 78.4 Å². The first-order chi connectivity index (χ1) is 6.40. The summed E-state index contributed by atoms with van der Waals surface area (Å²) >= 11 is 0. The van der Waals surface area contributed by atoms with Crippen LogP contribution in [-0.2, 0) is 9.59 Å². The lowest BCUT2D eigenvalue weighted by atomic mass is 10.1. The second-order valence-corrected chi connectivity index (χ2v) is 3.63. The Balaban J connectivity index is 3.64. The van der Waals surface area contributed by atoms with E-state index >= 15 is 0 Å². The summed E-state index contributed by atoms with van der Waals surface area (Å²) in [6.45, 7) is 3.71. The molecule has 0 heterocycles. The van der Waals surface area contributed by atoms with Gasteiger partial charge in [0.25, 0.3) is 0 Å². The van der Waals surface area contributed by atoms with Gasteiger partial charge in [0.2, 0.25) is 5.91 Å². The fourth-order valence-electron chi connectivity index (χ4n) is 0.850. The van der Waals surface area contributed by atoms with E-state index in [1.807, 2.05) is 0 Å². The van der Waals surface area contributed by atoms with Crippen molar-refractivity contribution in [1.29, 1.82) is 0 Å². The first-order valence-electron chi connectivity index (χ1n) is 4.59. The molecule has 0 atom stereocenters. The largest absolute Gasteiger partial charge is 0.480 e. The van der Waals surface area contributed by atoms with Crippen molar-refractivity contribution in [2.45, 2.75) is 32.2 Å². The summed E-state index contributed by atoms with van der Waals surface area (Å²) in [5, 5.41) is 14.1. The Labute approximate surface area is 83.9 Å². The molecule has 0 aromatic rings. The average Bonchev–Trinajstić information content (AvgIpc) is 2.11. The van der Waals surface area contributed by atoms with Crippen molar-refractivity contribution in [3.63, 3.8) is 0 Å². The molecule has 0 aliphatic carbocycles. The molecule has 0 rings (SSSR count). The van der Waals surface area contributed by atoms with Gasteiger partial charge < -0.3 is 15.7 Å². The molecule has 5 nitrogen and oxygen atoms in total. The number of amides is 1. The third kappa shape index (κ3) is 4.81. The molecule has 0 fully saturated rings. The summed E-state index contributed by atoms with van der Waals surface area (Å²) in [7, 11) is 1.58. The van der Waals surface area contributed by atoms with E-state index in [-0.39, 0.29) is 5.91 Å². The minimum Gasteiger partial charge on any atom is -0.480 e. The van der Waals surface area contributed by atoms with Crippen LogP contribution in [0.3, 0.4) is 0 Å². The lowest BCUT2D eigenvalue weighted by Gasteiger charge is -2.20. The van der Waals surface area contributed by atoms with E-state index in [4.69, 9.17) is 5.11 Å². The van der Waals surface area contributed by atoms with Crippen molar-refractivity contribution >= 4 is 11.9 Å². The molecule has 1 amide bonds. The minimum absolute atomic E-state index is 0.0278. The van der Waals surface area contributed by atoms with E-state index in [2.05, 4.69) is 10.6 Å². The highest BCUT2D eigenvalue weighted by Gasteiger charge is 2.25. The number of carboxylic acid groups (broad SMARTS) is 1. The molecule has 0 aromatic heterocycles. The van der Waals surface area contributed by atoms with Gasteiger partial charge in [0.1, 0.15) is 5.54 Å². The third-order valence-corrected chi connectivity index (χ3v) is 1.96. The Morgan fingerprint density at radius 1 is 1.36 bits per heavy atom. The fraction of sp³-hybridized carbons (Fsp3) is 0.778. The smallest absolute Gasteiger partial charge is 0.323 e. The number of carbonyl (C=O) groups excluding carboxylic acids is 1. The van der Waals surface area contributed by atoms with Crippen molar-refractivity contribution in [3.05, 3.63) is 0 Å². The Bertz CT molecular complexity index is 214. The molecule has 0 saturated heterocycles. The van der Waals surface area contributed by atoms with Crippen LogP contribution < -0.4 is 10.6 Å². The number of nitrogens with one attached hydrogen (secondary N) is 2. The predicted octanol–water partition coefficient (Wildman–Crippen LogP) is -0.0346. The number of hydrogen-bond acceptors (Lipinski definition) is 3. The van der Waals surface area contributed by atoms with Gasteiger partial charge >= 0.3 is 5.97 Å². The Morgan fingerprint density at radius 3 is 2.36 bits per heavy atom. The minimum atomic E-state index is -0.928. The normalized spacial score (nSPS) is 11.1. The van der Waals surface area contributed by atoms with E-state index in [0.717, 1.165) is 0 Å². The zero-order valence-corrected chi connectivity index (χ0v) is 8.89. The van der Waals surface area contributed by atoms with Crippen LogP contribution in [0.25, 0.3) is 0 Å². The second kappa shape index (κ2) is 5.59. The SMILES string of the molecule is CNC(=O)CCCNC(C)(C)C(=O)O. The summed E-state index contributed by atoms with van der Waals surface area (Å²) in [6, 6.07) is 0. The molecule has 0 bridgehead atoms. The van der Waals surface area contributed by atoms with E-state index in [0.29, 0.717) is 19.4 Å². The quantitative estimate of drug-likeness (QED) is 0.528. The predicted molar refractivity (Wildman–Crippen MR) is 53.0 cm³/mol. The van der Waals surface area contributed by atoms with Gasteiger partial charge in [-0.25, -0.2) is 0 Å². The molecule has 0 radical (unpaired) electrons. The van der Waals surface area contributed by atoms with E-state index in [1.165, 1.54) is 0 Å². The number of rotatable bonds is 6. The van der Waals surface area contributed by atoms with Crippen LogP contribution in [-0.4, -0.2) is 36.1 Å². The number of carbonyl (C=O) groups is 2. The van der Waals surface area contributed by atoms with Crippen LogP contribution in [0.15, 0.2) is 0 Å². The van der Waals surface area contributed by atoms with Gasteiger partial charge in [-0.2, -0.15) is 0 Å². The first kappa shape index (κ1) is 12.9. The van der Waals surface area contributed by atoms with Crippen molar-refractivity contribution < 1.29 is 14.7 Å². The standard InChI is InChI=1S/C9H18N2O3/c1-9(2,8(13)14)11-6-4-5-7(12)10-3/h11H,4-6H2,1-3H3,(H,10,12)(H,13,14). The van der Waals surface area contributed by atoms with Gasteiger partial charge in [0.05, 0.1) is 0 Å². The van der Waals surface area contributed by atoms with Crippen molar-refractivity contribution in [1.82, 2.24) is 10.6 Å². The van der Waals surface area contributed by atoms with Gasteiger partial charge in [-0.15, -0.1) is 0 Å². The Kier molecular flexibility index (Phi) is 5.15. The Morgan fingerprint density at radius 2 is 1.93 bits per heavy atom. The highest BCUT2D eigenvalue weighted by molar-refractivity contribution is 5.77. The molecule has 82 valence electrons. The second-order valence-electron chi connectivity index (χ2n) is 3.63. The van der Waals surface area contributed by atoms with Crippen molar-refractivity contribution in [3.8, 4) is 0 Å². The van der Waals surface area contributed by atoms with Crippen LogP contribution in [0.2, 0.25) is 0 Å². The van der Waals surface area contributed by atoms with Gasteiger partial charge in [-0.05, 0) is 26.8 Å². The molecule has 0 aromatic carbocycles. The van der Waals surface area contributed by atoms with Crippen molar-refractivity contribution in [2.24, 2.45) is 0 Å². The number of aliphatic carboxylic acids is 1. The van der Waals surface area contributed by atoms with Gasteiger partial charge in [0, 0.05) is 13.5 Å². The summed E-state index contributed by atoms with van der Waals surface area (Å²) in [6.07, 6.45) is 1.05. The monoisotopic (exact) mass is 202 g/mol. The fourth-order valence-corrected chi connectivity index (χ4v) is 0.850. The highest BCUT2D eigenvalue weighted by atomic mass is 16.4. The third-order valence-electron chi connectivity index (χ3n) is 1.96. The summed E-state index contributed by atoms with van der Waals surface area (Å²) < 4.78 is 0. The molecule has 14 heavy (non-hydrogen) atoms. The molecule has 0 aliphatic heterocycles. The molecule has 0 aliphatic rings. The lowest BCUT2D eigenvalue weighted by Crippen LogP contribution is -2.47. The maximum absolute atomic E-state index is 10.8. The summed E-state index contributed by atoms with van der Waals surface area (Å²) in [4.78, 5) is 21.5. The molecule has 5 heteroatoms. The van der Waals surface area contributed by atoms with Crippen LogP contribution in [0.1, 0.15) is 26.7 Å². The van der Waals surface area contributed by atoms with E-state index < -0.39 is 11.5 Å². The maximum Gasteiger partial charge on any atom is 0.323 e. The lowest BCUT2D eigenvalue weighted by molar-refractivity contribution is -0.143. The highest BCUT2D eigenvalue weighted by Crippen LogP contribution is 2.01. The molecule has 0 spiro atoms. The van der Waals surface area contributed by atoms with Gasteiger partial charge in [-0.1, -0.05) is 0 Å². The van der Waals surface area contributed by atoms with Crippen LogP contribution in [0.4, 0.5) is 0 Å². The summed E-state index contributed by atoms with van der Waals surface area (Å²) in [5.74, 6) is -0.919. The molecule has 0 saturated carbocycles. The van der Waals surface area contributed by atoms with E-state index in [9.17, 15) is 9.59 Å². The first-order valence-corrected chi connectivity index (χ1v) is 4.59. The molecular weight excluding hydrogens is 184 g/mol. The number of hydrogen-bond donors (Lipinski definition) is 3. The van der Waals surface area contributed by atoms with E-state index in [1.54, 1.807) is 20.9 Å². The van der Waals surface area contributed by atoms with Gasteiger partial charge in [-0.3, -0.25) is 9.59 Å². The molecule has 0 unspecified atom stereocenters. The number of carboxylic acids is 1. The van der Waals surface area contributed by atoms with Crippen LogP contribution in [0.5, 0.6) is 0 Å². The Hall–Kier alpha value is -1.10. The molecular formula is C9H18N2O3. The van der Waals surface area contributed by atoms with Crippen molar-refractivity contribution in [2.75, 3.05) is 13.6 Å². The molecule has 3 N–H and O–H groups in total. The van der Waals surface area contributed by atoms with Crippen LogP contribution >= 0.6 is 0 Å². The van der Waals surface area contributed by atoms with Crippen LogP contribution in [0, 0.1) is 0 Å². The summed E-state index contributed by atoms with van der Waals surface area (Å²) in [5.41, 5.74) is -0.928. The maximum atomic E-state index is 10.8. The zero-order valence-electron chi connectivity index (χ0n) is 8.89. The van der Waals surface area contributed by atoms with Gasteiger partial charge in [0.15, 0.2) is 0 Å².